The van der Waals surface area contributed by atoms with Crippen LogP contribution >= 0.6 is 0 Å². The first kappa shape index (κ1) is 17.8. The van der Waals surface area contributed by atoms with Gasteiger partial charge in [-0.1, -0.05) is 0 Å². The van der Waals surface area contributed by atoms with E-state index < -0.39 is 11.9 Å². The summed E-state index contributed by atoms with van der Waals surface area (Å²) in [5.41, 5.74) is 5.02. The first-order valence-corrected chi connectivity index (χ1v) is 5.93. The Bertz CT molecular complexity index is 246. The molecule has 0 heterocycles. The molecule has 112 valence electrons. The summed E-state index contributed by atoms with van der Waals surface area (Å²) >= 11 is 0. The fourth-order valence-corrected chi connectivity index (χ4v) is 1.28. The molecule has 8 heteroatoms. The Morgan fingerprint density at radius 1 is 1.05 bits per heavy atom. The normalized spacial score (nSPS) is 10.8. The van der Waals surface area contributed by atoms with E-state index in [0.717, 1.165) is 0 Å². The minimum atomic E-state index is -1.01. The van der Waals surface area contributed by atoms with Gasteiger partial charge in [0.15, 0.2) is 0 Å². The number of carbonyl (C=O) groups is 2. The SMILES string of the molecule is COCCOCCOCCN(CC(N)=O)CC(=O)O. The van der Waals surface area contributed by atoms with Crippen LogP contribution in [0, 0.1) is 0 Å². The summed E-state index contributed by atoms with van der Waals surface area (Å²) in [6, 6.07) is 0. The monoisotopic (exact) mass is 278 g/mol. The Morgan fingerprint density at radius 3 is 2.16 bits per heavy atom. The second-order valence-corrected chi connectivity index (χ2v) is 3.79. The molecule has 19 heavy (non-hydrogen) atoms. The van der Waals surface area contributed by atoms with Crippen molar-refractivity contribution < 1.29 is 28.9 Å². The maximum Gasteiger partial charge on any atom is 0.317 e. The molecule has 3 N–H and O–H groups in total. The van der Waals surface area contributed by atoms with Crippen molar-refractivity contribution in [3.8, 4) is 0 Å². The highest BCUT2D eigenvalue weighted by molar-refractivity contribution is 5.77. The summed E-state index contributed by atoms with van der Waals surface area (Å²) < 4.78 is 15.2. The molecule has 0 aliphatic heterocycles. The highest BCUT2D eigenvalue weighted by atomic mass is 16.5. The topological polar surface area (TPSA) is 111 Å². The summed E-state index contributed by atoms with van der Waals surface area (Å²) in [4.78, 5) is 22.7. The predicted octanol–water partition coefficient (Wildman–Crippen LogP) is -1.46. The molecule has 0 aliphatic carbocycles. The number of ether oxygens (including phenoxy) is 3. The van der Waals surface area contributed by atoms with Gasteiger partial charge in [-0.25, -0.2) is 0 Å². The maximum absolute atomic E-state index is 10.7. The second kappa shape index (κ2) is 11.8. The predicted molar refractivity (Wildman–Crippen MR) is 66.8 cm³/mol. The number of nitrogens with two attached hydrogens (primary N) is 1. The quantitative estimate of drug-likeness (QED) is 0.396. The summed E-state index contributed by atoms with van der Waals surface area (Å²) in [6.45, 7) is 2.19. The molecule has 0 saturated heterocycles. The molecule has 0 aromatic heterocycles. The minimum absolute atomic E-state index is 0.0972. The third-order valence-corrected chi connectivity index (χ3v) is 2.09. The van der Waals surface area contributed by atoms with Crippen molar-refractivity contribution in [3.63, 3.8) is 0 Å². The van der Waals surface area contributed by atoms with Gasteiger partial charge in [0.05, 0.1) is 46.1 Å². The molecular weight excluding hydrogens is 256 g/mol. The van der Waals surface area contributed by atoms with E-state index in [1.807, 2.05) is 0 Å². The van der Waals surface area contributed by atoms with E-state index in [-0.39, 0.29) is 13.1 Å². The van der Waals surface area contributed by atoms with Gasteiger partial charge in [-0.15, -0.1) is 0 Å². The standard InChI is InChI=1S/C11H22N2O6/c1-17-4-5-19-7-6-18-3-2-13(8-10(12)14)9-11(15)16/h2-9H2,1H3,(H2,12,14)(H,15,16). The third-order valence-electron chi connectivity index (χ3n) is 2.09. The van der Waals surface area contributed by atoms with Crippen molar-refractivity contribution in [2.24, 2.45) is 5.73 Å². The smallest absolute Gasteiger partial charge is 0.317 e. The van der Waals surface area contributed by atoms with Gasteiger partial charge in [-0.3, -0.25) is 14.5 Å². The van der Waals surface area contributed by atoms with Crippen LogP contribution in [0.3, 0.4) is 0 Å². The van der Waals surface area contributed by atoms with Crippen LogP contribution in [-0.4, -0.2) is 81.7 Å². The van der Waals surface area contributed by atoms with Crippen LogP contribution in [0.25, 0.3) is 0 Å². The average molecular weight is 278 g/mol. The van der Waals surface area contributed by atoms with Crippen molar-refractivity contribution in [1.82, 2.24) is 4.90 Å². The number of hydrogen-bond acceptors (Lipinski definition) is 6. The summed E-state index contributed by atoms with van der Waals surface area (Å²) in [6.07, 6.45) is 0. The Kier molecular flexibility index (Phi) is 11.1. The van der Waals surface area contributed by atoms with Crippen molar-refractivity contribution >= 4 is 11.9 Å². The lowest BCUT2D eigenvalue weighted by molar-refractivity contribution is -0.138. The minimum Gasteiger partial charge on any atom is -0.480 e. The first-order chi connectivity index (χ1) is 9.06. The Labute approximate surface area is 112 Å². The van der Waals surface area contributed by atoms with E-state index >= 15 is 0 Å². The van der Waals surface area contributed by atoms with Crippen LogP contribution in [0.15, 0.2) is 0 Å². The lowest BCUT2D eigenvalue weighted by atomic mass is 10.4. The van der Waals surface area contributed by atoms with Crippen LogP contribution in [0.5, 0.6) is 0 Å². The van der Waals surface area contributed by atoms with Gasteiger partial charge >= 0.3 is 5.97 Å². The number of methoxy groups -OCH3 is 1. The van der Waals surface area contributed by atoms with Crippen molar-refractivity contribution in [2.45, 2.75) is 0 Å². The van der Waals surface area contributed by atoms with Crippen LogP contribution in [0.1, 0.15) is 0 Å². The lowest BCUT2D eigenvalue weighted by Crippen LogP contribution is -2.39. The molecule has 1 amide bonds. The molecule has 0 spiro atoms. The highest BCUT2D eigenvalue weighted by Crippen LogP contribution is 1.89. The number of nitrogens with zero attached hydrogens (tertiary/aromatic N) is 1. The maximum atomic E-state index is 10.7. The van der Waals surface area contributed by atoms with E-state index in [4.69, 9.17) is 25.1 Å². The first-order valence-electron chi connectivity index (χ1n) is 5.93. The highest BCUT2D eigenvalue weighted by Gasteiger charge is 2.11. The zero-order valence-corrected chi connectivity index (χ0v) is 11.2. The molecule has 0 atom stereocenters. The molecule has 0 aromatic carbocycles. The molecular formula is C11H22N2O6. The Hall–Kier alpha value is -1.22. The van der Waals surface area contributed by atoms with Gasteiger partial charge in [0.2, 0.25) is 5.91 Å². The third kappa shape index (κ3) is 13.0. The number of amides is 1. The average Bonchev–Trinajstić information content (AvgIpc) is 2.30. The van der Waals surface area contributed by atoms with E-state index in [0.29, 0.717) is 39.6 Å². The number of primary amides is 1. The number of carbonyl (C=O) groups excluding carboxylic acids is 1. The van der Waals surface area contributed by atoms with Gasteiger partial charge in [0.1, 0.15) is 0 Å². The fourth-order valence-electron chi connectivity index (χ4n) is 1.28. The number of carboxylic acids is 1. The fraction of sp³-hybridized carbons (Fsp3) is 0.818. The molecule has 0 saturated carbocycles. The van der Waals surface area contributed by atoms with Crippen LogP contribution < -0.4 is 5.73 Å². The van der Waals surface area contributed by atoms with Crippen molar-refractivity contribution in [3.05, 3.63) is 0 Å². The summed E-state index contributed by atoms with van der Waals surface area (Å²) in [5.74, 6) is -1.58. The van der Waals surface area contributed by atoms with Crippen LogP contribution in [0.2, 0.25) is 0 Å². The van der Waals surface area contributed by atoms with Crippen LogP contribution in [0.4, 0.5) is 0 Å². The number of rotatable bonds is 13. The largest absolute Gasteiger partial charge is 0.480 e. The van der Waals surface area contributed by atoms with Gasteiger partial charge in [-0.2, -0.15) is 0 Å². The number of aliphatic carboxylic acids is 1. The summed E-state index contributed by atoms with van der Waals surface area (Å²) in [7, 11) is 1.59. The van der Waals surface area contributed by atoms with Gasteiger partial charge in [0.25, 0.3) is 0 Å². The molecule has 0 fully saturated rings. The second-order valence-electron chi connectivity index (χ2n) is 3.79. The Balaban J connectivity index is 3.57. The van der Waals surface area contributed by atoms with Gasteiger partial charge in [-0.05, 0) is 0 Å². The van der Waals surface area contributed by atoms with Crippen molar-refractivity contribution in [1.29, 1.82) is 0 Å². The molecule has 0 aliphatic rings. The van der Waals surface area contributed by atoms with E-state index in [1.54, 1.807) is 7.11 Å². The van der Waals surface area contributed by atoms with Crippen LogP contribution in [-0.2, 0) is 23.8 Å². The number of carboxylic acid groups (broad SMARTS) is 1. The van der Waals surface area contributed by atoms with E-state index in [2.05, 4.69) is 0 Å². The molecule has 8 nitrogen and oxygen atoms in total. The lowest BCUT2D eigenvalue weighted by Gasteiger charge is -2.18. The summed E-state index contributed by atoms with van der Waals surface area (Å²) in [5, 5.41) is 8.65. The molecule has 0 unspecified atom stereocenters. The molecule has 0 aromatic rings. The van der Waals surface area contributed by atoms with E-state index in [9.17, 15) is 9.59 Å². The molecule has 0 rings (SSSR count). The number of hydrogen-bond donors (Lipinski definition) is 2. The molecule has 0 bridgehead atoms. The Morgan fingerprint density at radius 2 is 1.63 bits per heavy atom. The van der Waals surface area contributed by atoms with Crippen molar-refractivity contribution in [2.75, 3.05) is 59.8 Å². The van der Waals surface area contributed by atoms with E-state index in [1.165, 1.54) is 4.90 Å². The molecule has 0 radical (unpaired) electrons. The zero-order valence-electron chi connectivity index (χ0n) is 11.2. The van der Waals surface area contributed by atoms with Gasteiger partial charge < -0.3 is 25.1 Å². The van der Waals surface area contributed by atoms with Gasteiger partial charge in [0, 0.05) is 13.7 Å². The zero-order chi connectivity index (χ0) is 14.5.